The molecule has 0 aliphatic carbocycles. The molecule has 4 nitrogen and oxygen atoms in total. The van der Waals surface area contributed by atoms with Gasteiger partial charge in [0.2, 0.25) is 0 Å². The largest absolute Gasteiger partial charge is 0.384 e. The Hall–Kier alpha value is -0.910. The number of thioether (sulfide) groups is 1. The zero-order valence-corrected chi connectivity index (χ0v) is 15.7. The molecule has 0 amide bonds. The quantitative estimate of drug-likeness (QED) is 0.627. The smallest absolute Gasteiger partial charge is 0.193 e. The van der Waals surface area contributed by atoms with E-state index in [1.165, 1.54) is 5.56 Å². The van der Waals surface area contributed by atoms with E-state index in [0.717, 1.165) is 43.6 Å². The molecule has 2 atom stereocenters. The van der Waals surface area contributed by atoms with Gasteiger partial charge in [-0.15, -0.1) is 0 Å². The number of hydrogen-bond donors (Lipinski definition) is 1. The Balaban J connectivity index is 1.92. The van der Waals surface area contributed by atoms with Crippen LogP contribution in [0.2, 0.25) is 5.02 Å². The standard InChI is InChI=1S/C17H26ClN3OS/c1-19-17(21-8-7-13(11-21)12-22-2)20-10-16(23-3)14-5-4-6-15(18)9-14/h4-6,9,13,16H,7-8,10-12H2,1-3H3,(H,19,20). The Kier molecular flexibility index (Phi) is 7.53. The van der Waals surface area contributed by atoms with E-state index in [2.05, 4.69) is 27.5 Å². The lowest BCUT2D eigenvalue weighted by Crippen LogP contribution is -2.41. The normalized spacial score (nSPS) is 19.9. The van der Waals surface area contributed by atoms with Gasteiger partial charge in [-0.3, -0.25) is 4.99 Å². The monoisotopic (exact) mass is 355 g/mol. The van der Waals surface area contributed by atoms with Gasteiger partial charge >= 0.3 is 0 Å². The summed E-state index contributed by atoms with van der Waals surface area (Å²) < 4.78 is 5.27. The van der Waals surface area contributed by atoms with Crippen LogP contribution in [-0.4, -0.2) is 57.5 Å². The molecule has 2 rings (SSSR count). The van der Waals surface area contributed by atoms with E-state index in [1.807, 2.05) is 37.0 Å². The molecule has 1 fully saturated rings. The third-order valence-corrected chi connectivity index (χ3v) is 5.39. The third-order valence-electron chi connectivity index (χ3n) is 4.15. The Morgan fingerprint density at radius 1 is 1.57 bits per heavy atom. The number of nitrogens with one attached hydrogen (secondary N) is 1. The highest BCUT2D eigenvalue weighted by atomic mass is 35.5. The van der Waals surface area contributed by atoms with Crippen LogP contribution >= 0.6 is 23.4 Å². The first-order valence-electron chi connectivity index (χ1n) is 7.90. The molecule has 2 unspecified atom stereocenters. The predicted octanol–water partition coefficient (Wildman–Crippen LogP) is 3.29. The molecule has 0 radical (unpaired) electrons. The van der Waals surface area contributed by atoms with Crippen molar-refractivity contribution < 1.29 is 4.74 Å². The lowest BCUT2D eigenvalue weighted by molar-refractivity contribution is 0.157. The van der Waals surface area contributed by atoms with Crippen molar-refractivity contribution in [3.05, 3.63) is 34.9 Å². The topological polar surface area (TPSA) is 36.9 Å². The average Bonchev–Trinajstić information content (AvgIpc) is 3.00. The number of halogens is 1. The van der Waals surface area contributed by atoms with Crippen molar-refractivity contribution in [3.63, 3.8) is 0 Å². The second-order valence-corrected chi connectivity index (χ2v) is 7.24. The number of rotatable bonds is 6. The van der Waals surface area contributed by atoms with Crippen molar-refractivity contribution in [2.24, 2.45) is 10.9 Å². The van der Waals surface area contributed by atoms with Crippen LogP contribution in [0.5, 0.6) is 0 Å². The van der Waals surface area contributed by atoms with Crippen molar-refractivity contribution in [2.75, 3.05) is 46.7 Å². The van der Waals surface area contributed by atoms with E-state index in [-0.39, 0.29) is 0 Å². The lowest BCUT2D eigenvalue weighted by Gasteiger charge is -2.24. The molecule has 0 spiro atoms. The average molecular weight is 356 g/mol. The molecule has 1 heterocycles. The molecule has 0 saturated carbocycles. The molecule has 1 aliphatic heterocycles. The van der Waals surface area contributed by atoms with Gasteiger partial charge in [0.1, 0.15) is 0 Å². The van der Waals surface area contributed by atoms with Crippen LogP contribution in [-0.2, 0) is 4.74 Å². The maximum absolute atomic E-state index is 6.11. The Morgan fingerprint density at radius 2 is 2.39 bits per heavy atom. The van der Waals surface area contributed by atoms with Crippen molar-refractivity contribution in [2.45, 2.75) is 11.7 Å². The molecular formula is C17H26ClN3OS. The fraction of sp³-hybridized carbons (Fsp3) is 0.588. The van der Waals surface area contributed by atoms with Crippen molar-refractivity contribution in [3.8, 4) is 0 Å². The second-order valence-electron chi connectivity index (χ2n) is 5.76. The van der Waals surface area contributed by atoms with E-state index >= 15 is 0 Å². The molecular weight excluding hydrogens is 330 g/mol. The van der Waals surface area contributed by atoms with Crippen LogP contribution in [0.15, 0.2) is 29.3 Å². The van der Waals surface area contributed by atoms with Crippen molar-refractivity contribution in [1.82, 2.24) is 10.2 Å². The summed E-state index contributed by atoms with van der Waals surface area (Å²) in [4.78, 5) is 6.76. The molecule has 1 N–H and O–H groups in total. The first-order chi connectivity index (χ1) is 11.2. The maximum atomic E-state index is 6.11. The minimum Gasteiger partial charge on any atom is -0.384 e. The second kappa shape index (κ2) is 9.40. The van der Waals surface area contributed by atoms with Gasteiger partial charge in [-0.25, -0.2) is 0 Å². The maximum Gasteiger partial charge on any atom is 0.193 e. The molecule has 1 aromatic carbocycles. The van der Waals surface area contributed by atoms with Crippen molar-refractivity contribution >= 4 is 29.3 Å². The van der Waals surface area contributed by atoms with Gasteiger partial charge in [0.05, 0.1) is 6.61 Å². The van der Waals surface area contributed by atoms with Crippen LogP contribution in [0.25, 0.3) is 0 Å². The summed E-state index contributed by atoms with van der Waals surface area (Å²) in [5.41, 5.74) is 1.24. The first-order valence-corrected chi connectivity index (χ1v) is 9.57. The molecule has 128 valence electrons. The zero-order valence-electron chi connectivity index (χ0n) is 14.1. The van der Waals surface area contributed by atoms with Gasteiger partial charge in [-0.2, -0.15) is 11.8 Å². The summed E-state index contributed by atoms with van der Waals surface area (Å²) in [7, 11) is 3.61. The number of nitrogens with zero attached hydrogens (tertiary/aromatic N) is 2. The fourth-order valence-corrected chi connectivity index (χ4v) is 3.82. The van der Waals surface area contributed by atoms with E-state index < -0.39 is 0 Å². The molecule has 1 aromatic rings. The number of guanidine groups is 1. The van der Waals surface area contributed by atoms with Gasteiger partial charge in [-0.1, -0.05) is 23.7 Å². The minimum atomic E-state index is 0.350. The highest BCUT2D eigenvalue weighted by Crippen LogP contribution is 2.27. The Morgan fingerprint density at radius 3 is 3.04 bits per heavy atom. The summed E-state index contributed by atoms with van der Waals surface area (Å²) >= 11 is 7.93. The third kappa shape index (κ3) is 5.30. The summed E-state index contributed by atoms with van der Waals surface area (Å²) in [6.07, 6.45) is 3.29. The van der Waals surface area contributed by atoms with Gasteiger partial charge in [0.25, 0.3) is 0 Å². The van der Waals surface area contributed by atoms with E-state index in [0.29, 0.717) is 11.2 Å². The molecule has 23 heavy (non-hydrogen) atoms. The number of likely N-dealkylation sites (tertiary alicyclic amines) is 1. The van der Waals surface area contributed by atoms with E-state index in [9.17, 15) is 0 Å². The van der Waals surface area contributed by atoms with Gasteiger partial charge < -0.3 is 15.0 Å². The van der Waals surface area contributed by atoms with Crippen LogP contribution < -0.4 is 5.32 Å². The zero-order chi connectivity index (χ0) is 16.7. The highest BCUT2D eigenvalue weighted by molar-refractivity contribution is 7.98. The summed E-state index contributed by atoms with van der Waals surface area (Å²) in [6, 6.07) is 8.08. The van der Waals surface area contributed by atoms with E-state index in [4.69, 9.17) is 16.3 Å². The molecule has 0 bridgehead atoms. The number of methoxy groups -OCH3 is 1. The fourth-order valence-electron chi connectivity index (χ4n) is 2.96. The Bertz CT molecular complexity index is 526. The van der Waals surface area contributed by atoms with Crippen LogP contribution in [0.1, 0.15) is 17.2 Å². The SMILES string of the molecule is CN=C(NCC(SC)c1cccc(Cl)c1)N1CCC(COC)C1. The van der Waals surface area contributed by atoms with Gasteiger partial charge in [-0.05, 0) is 30.4 Å². The summed E-state index contributed by atoms with van der Waals surface area (Å²) in [6.45, 7) is 3.70. The lowest BCUT2D eigenvalue weighted by atomic mass is 10.1. The first kappa shape index (κ1) is 18.4. The predicted molar refractivity (Wildman–Crippen MR) is 101 cm³/mol. The van der Waals surface area contributed by atoms with Crippen LogP contribution in [0.3, 0.4) is 0 Å². The van der Waals surface area contributed by atoms with Crippen LogP contribution in [0.4, 0.5) is 0 Å². The molecule has 1 saturated heterocycles. The summed E-state index contributed by atoms with van der Waals surface area (Å²) in [5, 5.41) is 4.65. The summed E-state index contributed by atoms with van der Waals surface area (Å²) in [5.74, 6) is 1.58. The van der Waals surface area contributed by atoms with Crippen LogP contribution in [0, 0.1) is 5.92 Å². The molecule has 6 heteroatoms. The minimum absolute atomic E-state index is 0.350. The van der Waals surface area contributed by atoms with Gasteiger partial charge in [0.15, 0.2) is 5.96 Å². The number of aliphatic imine (C=N–C) groups is 1. The molecule has 0 aromatic heterocycles. The Labute approximate surface area is 148 Å². The van der Waals surface area contributed by atoms with E-state index in [1.54, 1.807) is 7.11 Å². The number of hydrogen-bond acceptors (Lipinski definition) is 3. The van der Waals surface area contributed by atoms with Gasteiger partial charge in [0, 0.05) is 50.0 Å². The van der Waals surface area contributed by atoms with Crippen molar-refractivity contribution in [1.29, 1.82) is 0 Å². The number of ether oxygens (including phenoxy) is 1. The molecule has 1 aliphatic rings. The highest BCUT2D eigenvalue weighted by Gasteiger charge is 2.25. The number of benzene rings is 1.